The Kier molecular flexibility index (Phi) is 5.96. The van der Waals surface area contributed by atoms with Crippen LogP contribution in [0.25, 0.3) is 0 Å². The minimum absolute atomic E-state index is 0.282. The van der Waals surface area contributed by atoms with Crippen LogP contribution in [-0.2, 0) is 16.6 Å². The van der Waals surface area contributed by atoms with E-state index < -0.39 is 15.8 Å². The van der Waals surface area contributed by atoms with Crippen LogP contribution in [0.5, 0.6) is 5.75 Å². The molecule has 0 amide bonds. The van der Waals surface area contributed by atoms with E-state index in [-0.39, 0.29) is 4.90 Å². The molecule has 0 unspecified atom stereocenters. The summed E-state index contributed by atoms with van der Waals surface area (Å²) in [5.74, 6) is 0.0783. The molecule has 3 rings (SSSR count). The second kappa shape index (κ2) is 8.04. The maximum absolute atomic E-state index is 14.0. The highest BCUT2D eigenvalue weighted by atomic mass is 79.9. The predicted octanol–water partition coefficient (Wildman–Crippen LogP) is 3.10. The van der Waals surface area contributed by atoms with E-state index >= 15 is 0 Å². The average Bonchev–Trinajstić information content (AvgIpc) is 2.65. The molecule has 1 fully saturated rings. The smallest absolute Gasteiger partial charge is 0.246 e. The Morgan fingerprint density at radius 1 is 1.08 bits per heavy atom. The van der Waals surface area contributed by atoms with E-state index in [4.69, 9.17) is 4.74 Å². The number of benzene rings is 2. The van der Waals surface area contributed by atoms with E-state index in [2.05, 4.69) is 20.8 Å². The molecule has 0 aliphatic carbocycles. The Bertz CT molecular complexity index is 867. The van der Waals surface area contributed by atoms with Crippen LogP contribution in [0, 0.1) is 5.82 Å². The van der Waals surface area contributed by atoms with Gasteiger partial charge >= 0.3 is 0 Å². The molecule has 2 aromatic rings. The molecular weight excluding hydrogens is 423 g/mol. The fraction of sp³-hybridized carbons (Fsp3) is 0.333. The Morgan fingerprint density at radius 2 is 1.73 bits per heavy atom. The van der Waals surface area contributed by atoms with Gasteiger partial charge in [0.15, 0.2) is 0 Å². The van der Waals surface area contributed by atoms with Crippen molar-refractivity contribution in [1.82, 2.24) is 9.21 Å². The van der Waals surface area contributed by atoms with Crippen molar-refractivity contribution in [1.29, 1.82) is 0 Å². The molecule has 26 heavy (non-hydrogen) atoms. The maximum atomic E-state index is 14.0. The third-order valence-electron chi connectivity index (χ3n) is 4.41. The highest BCUT2D eigenvalue weighted by molar-refractivity contribution is 9.10. The van der Waals surface area contributed by atoms with E-state index in [1.54, 1.807) is 7.11 Å². The Hall–Kier alpha value is -1.48. The molecule has 0 saturated carbocycles. The average molecular weight is 443 g/mol. The number of methoxy groups -OCH3 is 1. The molecule has 0 N–H and O–H groups in total. The van der Waals surface area contributed by atoms with E-state index in [9.17, 15) is 12.8 Å². The van der Waals surface area contributed by atoms with Crippen LogP contribution in [0.1, 0.15) is 5.56 Å². The third kappa shape index (κ3) is 4.25. The van der Waals surface area contributed by atoms with Gasteiger partial charge in [-0.15, -0.1) is 0 Å². The van der Waals surface area contributed by atoms with Gasteiger partial charge in [0.25, 0.3) is 0 Å². The van der Waals surface area contributed by atoms with Gasteiger partial charge < -0.3 is 4.74 Å². The van der Waals surface area contributed by atoms with Crippen LogP contribution in [0.3, 0.4) is 0 Å². The predicted molar refractivity (Wildman–Crippen MR) is 101 cm³/mol. The summed E-state index contributed by atoms with van der Waals surface area (Å²) in [6.45, 7) is 2.61. The molecule has 0 aromatic heterocycles. The lowest BCUT2D eigenvalue weighted by molar-refractivity contribution is 0.181. The van der Waals surface area contributed by atoms with Crippen LogP contribution in [-0.4, -0.2) is 50.9 Å². The largest absolute Gasteiger partial charge is 0.497 e. The summed E-state index contributed by atoms with van der Waals surface area (Å²) in [4.78, 5) is 1.90. The molecule has 0 atom stereocenters. The van der Waals surface area contributed by atoms with Crippen LogP contribution >= 0.6 is 15.9 Å². The quantitative estimate of drug-likeness (QED) is 0.713. The van der Waals surface area contributed by atoms with E-state index in [1.807, 2.05) is 24.3 Å². The molecule has 2 aromatic carbocycles. The van der Waals surface area contributed by atoms with Crippen LogP contribution < -0.4 is 4.74 Å². The number of nitrogens with zero attached hydrogens (tertiary/aromatic N) is 2. The first-order chi connectivity index (χ1) is 12.4. The van der Waals surface area contributed by atoms with Gasteiger partial charge in [-0.1, -0.05) is 28.1 Å². The molecular formula is C18H20BrFN2O3S. The number of sulfonamides is 1. The second-order valence-corrected chi connectivity index (χ2v) is 8.93. The van der Waals surface area contributed by atoms with Crippen molar-refractivity contribution in [3.8, 4) is 5.75 Å². The summed E-state index contributed by atoms with van der Waals surface area (Å²) in [5.41, 5.74) is 1.14. The van der Waals surface area contributed by atoms with Crippen LogP contribution in [0.2, 0.25) is 0 Å². The molecule has 0 spiro atoms. The number of piperazine rings is 1. The second-order valence-electron chi connectivity index (χ2n) is 6.10. The van der Waals surface area contributed by atoms with Crippen molar-refractivity contribution in [2.45, 2.75) is 11.4 Å². The first kappa shape index (κ1) is 19.3. The lowest BCUT2D eigenvalue weighted by Crippen LogP contribution is -2.48. The maximum Gasteiger partial charge on any atom is 0.246 e. The number of rotatable bonds is 5. The highest BCUT2D eigenvalue weighted by Gasteiger charge is 2.30. The van der Waals surface area contributed by atoms with Gasteiger partial charge in [-0.2, -0.15) is 4.31 Å². The molecule has 1 aliphatic rings. The number of halogens is 2. The normalized spacial score (nSPS) is 16.6. The zero-order chi connectivity index (χ0) is 18.7. The summed E-state index contributed by atoms with van der Waals surface area (Å²) in [6.07, 6.45) is 0. The number of ether oxygens (including phenoxy) is 1. The Morgan fingerprint density at radius 3 is 2.35 bits per heavy atom. The third-order valence-corrected chi connectivity index (χ3v) is 6.81. The van der Waals surface area contributed by atoms with Crippen molar-refractivity contribution in [3.05, 3.63) is 58.3 Å². The fourth-order valence-corrected chi connectivity index (χ4v) is 4.96. The van der Waals surface area contributed by atoms with Crippen molar-refractivity contribution < 1.29 is 17.5 Å². The number of hydrogen-bond acceptors (Lipinski definition) is 4. The van der Waals surface area contributed by atoms with Gasteiger partial charge in [-0.05, 0) is 35.9 Å². The highest BCUT2D eigenvalue weighted by Crippen LogP contribution is 2.24. The van der Waals surface area contributed by atoms with E-state index in [1.165, 1.54) is 16.4 Å². The zero-order valence-electron chi connectivity index (χ0n) is 14.4. The van der Waals surface area contributed by atoms with Gasteiger partial charge in [0, 0.05) is 37.2 Å². The minimum atomic E-state index is -3.84. The molecule has 0 bridgehead atoms. The first-order valence-electron chi connectivity index (χ1n) is 8.20. The van der Waals surface area contributed by atoms with E-state index in [0.29, 0.717) is 30.7 Å². The lowest BCUT2D eigenvalue weighted by Gasteiger charge is -2.34. The summed E-state index contributed by atoms with van der Waals surface area (Å²) in [6, 6.07) is 11.8. The van der Waals surface area contributed by atoms with Crippen molar-refractivity contribution in [3.63, 3.8) is 0 Å². The van der Waals surface area contributed by atoms with Gasteiger partial charge in [0.1, 0.15) is 16.5 Å². The molecule has 1 saturated heterocycles. The summed E-state index contributed by atoms with van der Waals surface area (Å²) in [5, 5.41) is 0. The van der Waals surface area contributed by atoms with Gasteiger partial charge in [-0.25, -0.2) is 12.8 Å². The first-order valence-corrected chi connectivity index (χ1v) is 10.4. The Labute approximate surface area is 161 Å². The minimum Gasteiger partial charge on any atom is -0.497 e. The summed E-state index contributed by atoms with van der Waals surface area (Å²) in [7, 11) is -2.21. The SMILES string of the molecule is COc1ccc(CN2CCN(S(=O)(=O)c3cc(Br)ccc3F)CC2)cc1. The monoisotopic (exact) mass is 442 g/mol. The van der Waals surface area contributed by atoms with Crippen LogP contribution in [0.4, 0.5) is 4.39 Å². The number of hydrogen-bond donors (Lipinski definition) is 0. The molecule has 0 radical (unpaired) electrons. The molecule has 1 heterocycles. The van der Waals surface area contributed by atoms with Crippen molar-refractivity contribution >= 4 is 26.0 Å². The molecule has 5 nitrogen and oxygen atoms in total. The topological polar surface area (TPSA) is 49.9 Å². The molecule has 1 aliphatic heterocycles. The standard InChI is InChI=1S/C18H20BrFN2O3S/c1-25-16-5-2-14(3-6-16)13-21-8-10-22(11-9-21)26(23,24)18-12-15(19)4-7-17(18)20/h2-7,12H,8-11,13H2,1H3. The fourth-order valence-electron chi connectivity index (χ4n) is 2.93. The van der Waals surface area contributed by atoms with Crippen molar-refractivity contribution in [2.24, 2.45) is 0 Å². The van der Waals surface area contributed by atoms with Gasteiger partial charge in [0.05, 0.1) is 7.11 Å². The summed E-state index contributed by atoms with van der Waals surface area (Å²) >= 11 is 3.20. The van der Waals surface area contributed by atoms with Gasteiger partial charge in [-0.3, -0.25) is 4.90 Å². The van der Waals surface area contributed by atoms with Crippen molar-refractivity contribution in [2.75, 3.05) is 33.3 Å². The molecule has 8 heteroatoms. The Balaban J connectivity index is 1.64. The summed E-state index contributed by atoms with van der Waals surface area (Å²) < 4.78 is 46.5. The zero-order valence-corrected chi connectivity index (χ0v) is 16.8. The van der Waals surface area contributed by atoms with Crippen LogP contribution in [0.15, 0.2) is 51.8 Å². The molecule has 140 valence electrons. The van der Waals surface area contributed by atoms with E-state index in [0.717, 1.165) is 23.9 Å². The van der Waals surface area contributed by atoms with Gasteiger partial charge in [0.2, 0.25) is 10.0 Å². The lowest BCUT2D eigenvalue weighted by atomic mass is 10.2.